The number of aliphatic carboxylic acids is 1. The van der Waals surface area contributed by atoms with Crippen molar-refractivity contribution in [2.24, 2.45) is 0 Å². The molecule has 160 valence electrons. The van der Waals surface area contributed by atoms with Gasteiger partial charge >= 0.3 is 5.97 Å². The maximum Gasteiger partial charge on any atom is 0.341 e. The number of hydrogen-bond acceptors (Lipinski definition) is 6. The lowest BCUT2D eigenvalue weighted by Crippen LogP contribution is -2.10. The van der Waals surface area contributed by atoms with Gasteiger partial charge in [0.15, 0.2) is 35.4 Å². The number of rotatable bonds is 11. The molecule has 0 saturated carbocycles. The molecule has 0 amide bonds. The second-order valence-electron chi connectivity index (χ2n) is 6.13. The summed E-state index contributed by atoms with van der Waals surface area (Å²) in [5.74, 6) is 0.0490. The predicted octanol–water partition coefficient (Wildman–Crippen LogP) is 4.51. The molecule has 30 heavy (non-hydrogen) atoms. The van der Waals surface area contributed by atoms with Crippen molar-refractivity contribution >= 4 is 29.4 Å². The monoisotopic (exact) mass is 434 g/mol. The Morgan fingerprint density at radius 2 is 1.77 bits per heavy atom. The SMILES string of the molecule is CCCOc1c(Cl)cc(/C=C/C(=O)c2ccc(OCC(=O)O)c(OC)c2)cc1OC. The van der Waals surface area contributed by atoms with Crippen molar-refractivity contribution in [3.8, 4) is 23.0 Å². The Balaban J connectivity index is 2.20. The van der Waals surface area contributed by atoms with E-state index in [1.807, 2.05) is 6.92 Å². The van der Waals surface area contributed by atoms with E-state index in [9.17, 15) is 9.59 Å². The molecule has 7 nitrogen and oxygen atoms in total. The molecule has 0 spiro atoms. The van der Waals surface area contributed by atoms with E-state index in [0.717, 1.165) is 6.42 Å². The summed E-state index contributed by atoms with van der Waals surface area (Å²) in [6.45, 7) is 1.99. The second kappa shape index (κ2) is 11.1. The molecule has 0 atom stereocenters. The maximum atomic E-state index is 12.5. The van der Waals surface area contributed by atoms with Crippen LogP contribution in [-0.2, 0) is 4.79 Å². The first-order chi connectivity index (χ1) is 14.4. The predicted molar refractivity (Wildman–Crippen MR) is 113 cm³/mol. The number of allylic oxidation sites excluding steroid dienone is 1. The van der Waals surface area contributed by atoms with Crippen LogP contribution in [0.1, 0.15) is 29.3 Å². The molecule has 0 fully saturated rings. The number of halogens is 1. The Bertz CT molecular complexity index is 937. The highest BCUT2D eigenvalue weighted by molar-refractivity contribution is 6.32. The van der Waals surface area contributed by atoms with Crippen LogP contribution in [0.5, 0.6) is 23.0 Å². The fourth-order valence-electron chi connectivity index (χ4n) is 2.53. The molecule has 8 heteroatoms. The number of ketones is 1. The van der Waals surface area contributed by atoms with Crippen molar-refractivity contribution < 1.29 is 33.6 Å². The van der Waals surface area contributed by atoms with E-state index < -0.39 is 12.6 Å². The number of carbonyl (C=O) groups excluding carboxylic acids is 1. The van der Waals surface area contributed by atoms with Gasteiger partial charge < -0.3 is 24.1 Å². The van der Waals surface area contributed by atoms with Crippen LogP contribution < -0.4 is 18.9 Å². The lowest BCUT2D eigenvalue weighted by atomic mass is 10.1. The minimum atomic E-state index is -1.11. The number of hydrogen-bond donors (Lipinski definition) is 1. The first-order valence-corrected chi connectivity index (χ1v) is 9.52. The van der Waals surface area contributed by atoms with Gasteiger partial charge in [0.2, 0.25) is 0 Å². The number of methoxy groups -OCH3 is 2. The van der Waals surface area contributed by atoms with E-state index in [0.29, 0.717) is 34.3 Å². The Hall–Kier alpha value is -3.19. The van der Waals surface area contributed by atoms with Crippen LogP contribution in [0.25, 0.3) is 6.08 Å². The fraction of sp³-hybridized carbons (Fsp3) is 0.273. The van der Waals surface area contributed by atoms with E-state index in [1.165, 1.54) is 38.5 Å². The molecule has 0 aromatic heterocycles. The quantitative estimate of drug-likeness (QED) is 0.411. The molecule has 0 radical (unpaired) electrons. The zero-order valence-electron chi connectivity index (χ0n) is 16.9. The van der Waals surface area contributed by atoms with Crippen LogP contribution in [0.4, 0.5) is 0 Å². The molecule has 0 unspecified atom stereocenters. The van der Waals surface area contributed by atoms with Gasteiger partial charge in [-0.25, -0.2) is 4.79 Å². The summed E-state index contributed by atoms with van der Waals surface area (Å²) < 4.78 is 21.3. The van der Waals surface area contributed by atoms with Crippen LogP contribution in [0.15, 0.2) is 36.4 Å². The summed E-state index contributed by atoms with van der Waals surface area (Å²) in [7, 11) is 2.92. The normalized spacial score (nSPS) is 10.7. The van der Waals surface area contributed by atoms with Gasteiger partial charge in [-0.15, -0.1) is 0 Å². The Morgan fingerprint density at radius 3 is 2.40 bits per heavy atom. The molecule has 2 rings (SSSR count). The molecule has 0 aliphatic carbocycles. The van der Waals surface area contributed by atoms with E-state index in [1.54, 1.807) is 18.2 Å². The Morgan fingerprint density at radius 1 is 1.03 bits per heavy atom. The molecule has 1 N–H and O–H groups in total. The third-order valence-corrected chi connectivity index (χ3v) is 4.21. The summed E-state index contributed by atoms with van der Waals surface area (Å²) in [5, 5.41) is 9.11. The lowest BCUT2D eigenvalue weighted by Gasteiger charge is -2.12. The minimum Gasteiger partial charge on any atom is -0.493 e. The Labute approximate surface area is 179 Å². The molecular formula is C22H23ClO7. The van der Waals surface area contributed by atoms with E-state index in [2.05, 4.69) is 0 Å². The van der Waals surface area contributed by atoms with Crippen molar-refractivity contribution in [1.29, 1.82) is 0 Å². The van der Waals surface area contributed by atoms with Gasteiger partial charge in [0.25, 0.3) is 0 Å². The zero-order valence-corrected chi connectivity index (χ0v) is 17.7. The number of ether oxygens (including phenoxy) is 4. The van der Waals surface area contributed by atoms with Crippen LogP contribution in [0.2, 0.25) is 5.02 Å². The highest BCUT2D eigenvalue weighted by Gasteiger charge is 2.13. The summed E-state index contributed by atoms with van der Waals surface area (Å²) in [4.78, 5) is 23.2. The first-order valence-electron chi connectivity index (χ1n) is 9.15. The van der Waals surface area contributed by atoms with Crippen LogP contribution in [-0.4, -0.2) is 44.3 Å². The average molecular weight is 435 g/mol. The number of benzene rings is 2. The van der Waals surface area contributed by atoms with Gasteiger partial charge in [-0.1, -0.05) is 24.6 Å². The molecule has 0 aliphatic rings. The Kier molecular flexibility index (Phi) is 8.55. The topological polar surface area (TPSA) is 91.3 Å². The zero-order chi connectivity index (χ0) is 22.1. The van der Waals surface area contributed by atoms with Crippen molar-refractivity contribution in [3.05, 3.63) is 52.6 Å². The second-order valence-corrected chi connectivity index (χ2v) is 6.54. The van der Waals surface area contributed by atoms with E-state index in [-0.39, 0.29) is 17.3 Å². The van der Waals surface area contributed by atoms with Crippen molar-refractivity contribution in [2.45, 2.75) is 13.3 Å². The molecule has 0 heterocycles. The van der Waals surface area contributed by atoms with Crippen LogP contribution in [0.3, 0.4) is 0 Å². The molecule has 0 aliphatic heterocycles. The third-order valence-electron chi connectivity index (χ3n) is 3.93. The fourth-order valence-corrected chi connectivity index (χ4v) is 2.80. The average Bonchev–Trinajstić information content (AvgIpc) is 2.74. The number of carbonyl (C=O) groups is 2. The largest absolute Gasteiger partial charge is 0.493 e. The van der Waals surface area contributed by atoms with E-state index >= 15 is 0 Å². The standard InChI is InChI=1S/C22H23ClO7/c1-4-9-29-22-16(23)10-14(11-20(22)28-3)5-7-17(24)15-6-8-18(19(12-15)27-2)30-13-21(25)26/h5-8,10-12H,4,9,13H2,1-3H3,(H,25,26)/b7-5+. The molecule has 0 bridgehead atoms. The van der Waals surface area contributed by atoms with Gasteiger partial charge in [0, 0.05) is 5.56 Å². The summed E-state index contributed by atoms with van der Waals surface area (Å²) in [5.41, 5.74) is 1.02. The summed E-state index contributed by atoms with van der Waals surface area (Å²) in [6.07, 6.45) is 3.84. The number of carboxylic acids is 1. The van der Waals surface area contributed by atoms with Gasteiger partial charge in [-0.05, 0) is 48.4 Å². The molecule has 0 saturated heterocycles. The van der Waals surface area contributed by atoms with Crippen LogP contribution >= 0.6 is 11.6 Å². The van der Waals surface area contributed by atoms with Crippen LogP contribution in [0, 0.1) is 0 Å². The highest BCUT2D eigenvalue weighted by Crippen LogP contribution is 2.37. The van der Waals surface area contributed by atoms with Gasteiger partial charge in [0.05, 0.1) is 25.8 Å². The minimum absolute atomic E-state index is 0.236. The maximum absolute atomic E-state index is 12.5. The first kappa shape index (κ1) is 23.1. The lowest BCUT2D eigenvalue weighted by molar-refractivity contribution is -0.139. The highest BCUT2D eigenvalue weighted by atomic mass is 35.5. The van der Waals surface area contributed by atoms with Gasteiger partial charge in [-0.3, -0.25) is 4.79 Å². The smallest absolute Gasteiger partial charge is 0.341 e. The van der Waals surface area contributed by atoms with Crippen molar-refractivity contribution in [2.75, 3.05) is 27.4 Å². The molecule has 2 aromatic carbocycles. The van der Waals surface area contributed by atoms with Gasteiger partial charge in [-0.2, -0.15) is 0 Å². The van der Waals surface area contributed by atoms with Crippen molar-refractivity contribution in [1.82, 2.24) is 0 Å². The molecule has 2 aromatic rings. The molecular weight excluding hydrogens is 412 g/mol. The van der Waals surface area contributed by atoms with Crippen molar-refractivity contribution in [3.63, 3.8) is 0 Å². The number of carboxylic acid groups (broad SMARTS) is 1. The third kappa shape index (κ3) is 6.15. The summed E-state index contributed by atoms with van der Waals surface area (Å²) in [6, 6.07) is 7.91. The van der Waals surface area contributed by atoms with Gasteiger partial charge in [0.1, 0.15) is 0 Å². The summed E-state index contributed by atoms with van der Waals surface area (Å²) >= 11 is 6.29. The van der Waals surface area contributed by atoms with E-state index in [4.69, 9.17) is 35.7 Å².